The van der Waals surface area contributed by atoms with E-state index in [1.54, 1.807) is 7.05 Å². The number of hydrogen-bond donors (Lipinski definition) is 2. The molecule has 1 heterocycles. The maximum atomic E-state index is 12.1. The van der Waals surface area contributed by atoms with Gasteiger partial charge in [0.2, 0.25) is 23.5 Å². The Kier molecular flexibility index (Phi) is 5.62. The Morgan fingerprint density at radius 3 is 2.73 bits per heavy atom. The van der Waals surface area contributed by atoms with Crippen molar-refractivity contribution in [3.8, 4) is 11.4 Å². The minimum absolute atomic E-state index is 0.0348. The number of amides is 2. The Morgan fingerprint density at radius 1 is 1.27 bits per heavy atom. The minimum atomic E-state index is -0.260. The van der Waals surface area contributed by atoms with Gasteiger partial charge in [-0.1, -0.05) is 35.5 Å². The van der Waals surface area contributed by atoms with Crippen LogP contribution in [0.3, 0.4) is 0 Å². The fourth-order valence-corrected chi connectivity index (χ4v) is 3.36. The molecular formula is C18H22N4O4. The molecule has 1 aromatic heterocycles. The molecule has 0 radical (unpaired) electrons. The van der Waals surface area contributed by atoms with Gasteiger partial charge in [0.15, 0.2) is 0 Å². The summed E-state index contributed by atoms with van der Waals surface area (Å²) in [4.78, 5) is 28.5. The lowest BCUT2D eigenvalue weighted by Gasteiger charge is -2.17. The lowest BCUT2D eigenvalue weighted by atomic mass is 10.0. The predicted octanol–water partition coefficient (Wildman–Crippen LogP) is 1.11. The highest BCUT2D eigenvalue weighted by Gasteiger charge is 2.42. The van der Waals surface area contributed by atoms with E-state index in [-0.39, 0.29) is 36.3 Å². The van der Waals surface area contributed by atoms with Gasteiger partial charge in [-0.2, -0.15) is 4.98 Å². The van der Waals surface area contributed by atoms with E-state index < -0.39 is 0 Å². The number of aromatic nitrogens is 2. The Bertz CT molecular complexity index is 762. The number of methoxy groups -OCH3 is 1. The summed E-state index contributed by atoms with van der Waals surface area (Å²) in [7, 11) is 3.07. The van der Waals surface area contributed by atoms with Crippen LogP contribution in [0.4, 0.5) is 0 Å². The molecule has 26 heavy (non-hydrogen) atoms. The van der Waals surface area contributed by atoms with Crippen LogP contribution in [0.25, 0.3) is 11.4 Å². The molecule has 8 nitrogen and oxygen atoms in total. The molecule has 2 aromatic rings. The minimum Gasteiger partial charge on any atom is -0.375 e. The van der Waals surface area contributed by atoms with Gasteiger partial charge < -0.3 is 19.9 Å². The van der Waals surface area contributed by atoms with Gasteiger partial charge in [0.25, 0.3) is 0 Å². The second kappa shape index (κ2) is 8.09. The van der Waals surface area contributed by atoms with Crippen LogP contribution in [0.5, 0.6) is 0 Å². The summed E-state index contributed by atoms with van der Waals surface area (Å²) in [5.74, 6) is 0.195. The van der Waals surface area contributed by atoms with E-state index in [9.17, 15) is 9.59 Å². The van der Waals surface area contributed by atoms with E-state index in [2.05, 4.69) is 20.8 Å². The molecule has 1 aliphatic carbocycles. The molecule has 0 bridgehead atoms. The van der Waals surface area contributed by atoms with Crippen molar-refractivity contribution in [3.05, 3.63) is 36.2 Å². The van der Waals surface area contributed by atoms with Crippen molar-refractivity contribution in [2.75, 3.05) is 20.8 Å². The summed E-state index contributed by atoms with van der Waals surface area (Å²) < 4.78 is 10.3. The monoisotopic (exact) mass is 358 g/mol. The highest BCUT2D eigenvalue weighted by atomic mass is 16.5. The Hall–Kier alpha value is -2.74. The van der Waals surface area contributed by atoms with E-state index in [1.165, 1.54) is 7.11 Å². The third kappa shape index (κ3) is 3.91. The topological polar surface area (TPSA) is 106 Å². The molecule has 0 spiro atoms. The lowest BCUT2D eigenvalue weighted by molar-refractivity contribution is -0.126. The van der Waals surface area contributed by atoms with Gasteiger partial charge in [0, 0.05) is 31.7 Å². The van der Waals surface area contributed by atoms with Gasteiger partial charge in [-0.25, -0.2) is 0 Å². The zero-order valence-electron chi connectivity index (χ0n) is 14.8. The maximum absolute atomic E-state index is 12.1. The molecular weight excluding hydrogens is 336 g/mol. The quantitative estimate of drug-likeness (QED) is 0.801. The average Bonchev–Trinajstić information content (AvgIpc) is 3.29. The number of ether oxygens (including phenoxy) is 1. The molecule has 0 aliphatic heterocycles. The van der Waals surface area contributed by atoms with E-state index in [0.29, 0.717) is 24.6 Å². The molecule has 3 atom stereocenters. The molecule has 2 N–H and O–H groups in total. The summed E-state index contributed by atoms with van der Waals surface area (Å²) >= 11 is 0. The van der Waals surface area contributed by atoms with Crippen molar-refractivity contribution in [3.63, 3.8) is 0 Å². The van der Waals surface area contributed by atoms with E-state index in [0.717, 1.165) is 5.56 Å². The Labute approximate surface area is 151 Å². The largest absolute Gasteiger partial charge is 0.375 e. The predicted molar refractivity (Wildman–Crippen MR) is 93.1 cm³/mol. The lowest BCUT2D eigenvalue weighted by Crippen LogP contribution is -2.39. The zero-order chi connectivity index (χ0) is 18.5. The smallest absolute Gasteiger partial charge is 0.246 e. The van der Waals surface area contributed by atoms with Crippen LogP contribution in [-0.4, -0.2) is 48.8 Å². The molecule has 138 valence electrons. The van der Waals surface area contributed by atoms with Gasteiger partial charge in [0.1, 0.15) is 6.61 Å². The second-order valence-corrected chi connectivity index (χ2v) is 6.32. The maximum Gasteiger partial charge on any atom is 0.246 e. The number of carbonyl (C=O) groups excluding carboxylic acids is 2. The Balaban J connectivity index is 1.81. The van der Waals surface area contributed by atoms with Crippen molar-refractivity contribution < 1.29 is 18.8 Å². The van der Waals surface area contributed by atoms with Crippen LogP contribution < -0.4 is 10.6 Å². The van der Waals surface area contributed by atoms with Crippen LogP contribution in [0.1, 0.15) is 24.7 Å². The van der Waals surface area contributed by atoms with E-state index >= 15 is 0 Å². The van der Waals surface area contributed by atoms with Crippen molar-refractivity contribution in [1.29, 1.82) is 0 Å². The molecule has 3 rings (SSSR count). The molecule has 0 unspecified atom stereocenters. The molecule has 8 heteroatoms. The summed E-state index contributed by atoms with van der Waals surface area (Å²) in [6.45, 7) is -0.0348. The molecule has 1 fully saturated rings. The van der Waals surface area contributed by atoms with Gasteiger partial charge in [-0.3, -0.25) is 9.59 Å². The summed E-state index contributed by atoms with van der Waals surface area (Å²) in [6, 6.07) is 9.25. The summed E-state index contributed by atoms with van der Waals surface area (Å²) in [6.07, 6.45) is 1.05. The first kappa shape index (κ1) is 18.1. The fraction of sp³-hybridized carbons (Fsp3) is 0.444. The van der Waals surface area contributed by atoms with Gasteiger partial charge in [-0.05, 0) is 12.8 Å². The highest BCUT2D eigenvalue weighted by Crippen LogP contribution is 2.38. The van der Waals surface area contributed by atoms with Gasteiger partial charge in [-0.15, -0.1) is 0 Å². The number of rotatable bonds is 6. The van der Waals surface area contributed by atoms with Gasteiger partial charge in [0.05, 0.1) is 5.92 Å². The van der Waals surface area contributed by atoms with Crippen LogP contribution in [0.15, 0.2) is 34.9 Å². The number of carbonyl (C=O) groups is 2. The van der Waals surface area contributed by atoms with Crippen LogP contribution in [0, 0.1) is 5.92 Å². The number of nitrogens with one attached hydrogen (secondary N) is 2. The molecule has 1 saturated carbocycles. The first-order chi connectivity index (χ1) is 12.6. The SMILES string of the molecule is CNC(=O)[C@H]1C[C@H](NC(=O)COC)[C@H](c2nc(-c3ccccc3)no2)C1. The van der Waals surface area contributed by atoms with Crippen molar-refractivity contribution in [2.24, 2.45) is 5.92 Å². The van der Waals surface area contributed by atoms with Crippen LogP contribution in [0.2, 0.25) is 0 Å². The Morgan fingerprint density at radius 2 is 2.04 bits per heavy atom. The van der Waals surface area contributed by atoms with Crippen molar-refractivity contribution in [2.45, 2.75) is 24.8 Å². The molecule has 0 saturated heterocycles. The number of nitrogens with zero attached hydrogens (tertiary/aromatic N) is 2. The molecule has 1 aromatic carbocycles. The van der Waals surface area contributed by atoms with E-state index in [1.807, 2.05) is 30.3 Å². The number of hydrogen-bond acceptors (Lipinski definition) is 6. The van der Waals surface area contributed by atoms with Crippen LogP contribution >= 0.6 is 0 Å². The highest BCUT2D eigenvalue weighted by molar-refractivity contribution is 5.80. The van der Waals surface area contributed by atoms with Crippen LogP contribution in [-0.2, 0) is 14.3 Å². The average molecular weight is 358 g/mol. The standard InChI is InChI=1S/C18H22N4O4/c1-19-17(24)12-8-13(14(9-12)20-15(23)10-25-2)18-21-16(22-26-18)11-6-4-3-5-7-11/h3-7,12-14H,8-10H2,1-2H3,(H,19,24)(H,20,23)/t12-,13-,14+/m1/s1. The molecule has 1 aliphatic rings. The van der Waals surface area contributed by atoms with Gasteiger partial charge >= 0.3 is 0 Å². The normalized spacial score (nSPS) is 22.2. The fourth-order valence-electron chi connectivity index (χ4n) is 3.36. The third-order valence-corrected chi connectivity index (χ3v) is 4.59. The van der Waals surface area contributed by atoms with E-state index in [4.69, 9.17) is 9.26 Å². The van der Waals surface area contributed by atoms with Crippen molar-refractivity contribution >= 4 is 11.8 Å². The first-order valence-corrected chi connectivity index (χ1v) is 8.51. The first-order valence-electron chi connectivity index (χ1n) is 8.51. The van der Waals surface area contributed by atoms with Crippen molar-refractivity contribution in [1.82, 2.24) is 20.8 Å². The summed E-state index contributed by atoms with van der Waals surface area (Å²) in [5.41, 5.74) is 0.850. The third-order valence-electron chi connectivity index (χ3n) is 4.59. The zero-order valence-corrected chi connectivity index (χ0v) is 14.8. The molecule has 2 amide bonds. The summed E-state index contributed by atoms with van der Waals surface area (Å²) in [5, 5.41) is 9.63. The number of benzene rings is 1. The second-order valence-electron chi connectivity index (χ2n) is 6.32.